The Hall–Kier alpha value is -8.87. The lowest BCUT2D eigenvalue weighted by molar-refractivity contribution is -0.145. The third-order valence-electron chi connectivity index (χ3n) is 20.7. The summed E-state index contributed by atoms with van der Waals surface area (Å²) in [5.74, 6) is 0.148. The summed E-state index contributed by atoms with van der Waals surface area (Å²) >= 11 is 0. The number of para-hydroxylation sites is 2. The third kappa shape index (κ3) is 14.2. The van der Waals surface area contributed by atoms with Gasteiger partial charge in [0.05, 0.1) is 28.3 Å². The maximum atomic E-state index is 14.4. The summed E-state index contributed by atoms with van der Waals surface area (Å²) in [6.07, 6.45) is -10.1. The lowest BCUT2D eigenvalue weighted by Gasteiger charge is -2.51. The zero-order valence-corrected chi connectivity index (χ0v) is 56.6. The van der Waals surface area contributed by atoms with Crippen LogP contribution in [-0.2, 0) is 54.8 Å². The Morgan fingerprint density at radius 1 is 0.460 bits per heavy atom. The van der Waals surface area contributed by atoms with Crippen LogP contribution in [0.1, 0.15) is 133 Å². The molecule has 3 saturated heterocycles. The van der Waals surface area contributed by atoms with Crippen molar-refractivity contribution in [2.24, 2.45) is 0 Å². The molecule has 0 radical (unpaired) electrons. The second-order valence-electron chi connectivity index (χ2n) is 27.7. The van der Waals surface area contributed by atoms with Gasteiger partial charge in [-0.15, -0.1) is 0 Å². The van der Waals surface area contributed by atoms with Crippen LogP contribution in [-0.4, -0.2) is 134 Å². The first-order chi connectivity index (χ1) is 47.4. The van der Waals surface area contributed by atoms with Gasteiger partial charge in [-0.05, 0) is 182 Å². The normalized spacial score (nSPS) is 18.7. The Kier molecular flexibility index (Phi) is 19.6. The highest BCUT2D eigenvalue weighted by atomic mass is 19.4. The third-order valence-corrected chi connectivity index (χ3v) is 20.7. The van der Waals surface area contributed by atoms with Crippen molar-refractivity contribution in [3.8, 4) is 28.4 Å². The number of rotatable bonds is 8. The van der Waals surface area contributed by atoms with Gasteiger partial charge in [-0.25, -0.2) is 4.39 Å². The summed E-state index contributed by atoms with van der Waals surface area (Å²) in [4.78, 5) is 49.1. The molecule has 6 aliphatic rings. The number of hydrogen-bond donors (Lipinski definition) is 1. The first kappa shape index (κ1) is 71.0. The van der Waals surface area contributed by atoms with E-state index in [1.54, 1.807) is 60.0 Å². The standard InChI is InChI=1S/C26H26F3N3O2.C26H26F3N3O.C24H29F4N3O2.H2/c1-30-17-18-32-22(11-12-23(32)26(27,28)29)25(30)13-15-31(16-14-25)24(33)20-9-5-6-10-21(20)34-19-7-3-2-4-8-19;1-30-17-18-32-22(11-12-23(32)26(27,28)29)25(30)13-15-31(16-14-25)24(33)21-9-7-20(8-10-21)19-5-3-2-4-6-19;1-15(2)33-18-6-5-16(13-17(18)25)21(32)30-11-9-23(10-12-30)19-7-8-20(24(26,27)28)31(19)14-22(3,4)29-23;/h2-12H,13-18H2,1H3;2-12H,13-18H2,1H3;5-8,13,15,29H,9-12,14H2,1-4H3;1H. The Morgan fingerprint density at radius 3 is 1.39 bits per heavy atom. The molecular formula is C76H83F10N9O5. The number of carbonyl (C=O) groups excluding carboxylic acids is 3. The van der Waals surface area contributed by atoms with Gasteiger partial charge in [-0.2, -0.15) is 39.5 Å². The highest BCUT2D eigenvalue weighted by Crippen LogP contribution is 2.48. The van der Waals surface area contributed by atoms with Gasteiger partial charge in [0, 0.05) is 107 Å². The van der Waals surface area contributed by atoms with E-state index in [0.29, 0.717) is 144 Å². The topological polar surface area (TPSA) is 113 Å². The number of nitrogens with zero attached hydrogens (tertiary/aromatic N) is 8. The molecule has 3 spiro atoms. The van der Waals surface area contributed by atoms with Gasteiger partial charge in [0.25, 0.3) is 17.7 Å². The molecule has 0 aliphatic carbocycles. The number of carbonyl (C=O) groups is 3. The van der Waals surface area contributed by atoms with Crippen molar-refractivity contribution in [1.29, 1.82) is 0 Å². The van der Waals surface area contributed by atoms with Crippen LogP contribution in [0.4, 0.5) is 43.9 Å². The number of ether oxygens (including phenoxy) is 2. The van der Waals surface area contributed by atoms with E-state index < -0.39 is 63.6 Å². The van der Waals surface area contributed by atoms with Crippen LogP contribution < -0.4 is 14.8 Å². The molecule has 6 aliphatic heterocycles. The molecular weight excluding hydrogens is 1310 g/mol. The van der Waals surface area contributed by atoms with Gasteiger partial charge in [0.15, 0.2) is 11.6 Å². The molecule has 3 amide bonds. The monoisotopic (exact) mass is 1390 g/mol. The van der Waals surface area contributed by atoms with E-state index in [0.717, 1.165) is 17.2 Å². The summed E-state index contributed by atoms with van der Waals surface area (Å²) in [6.45, 7) is 11.9. The molecule has 0 atom stereocenters. The van der Waals surface area contributed by atoms with Crippen LogP contribution in [0.3, 0.4) is 0 Å². The van der Waals surface area contributed by atoms with Crippen molar-refractivity contribution in [2.45, 2.75) is 133 Å². The summed E-state index contributed by atoms with van der Waals surface area (Å²) in [5.41, 5.74) is 1.44. The number of hydrogen-bond acceptors (Lipinski definition) is 8. The number of nitrogens with one attached hydrogen (secondary N) is 1. The summed E-state index contributed by atoms with van der Waals surface area (Å²) in [7, 11) is 3.94. The molecule has 0 saturated carbocycles. The van der Waals surface area contributed by atoms with Crippen molar-refractivity contribution < 1.29 is 69.2 Å². The van der Waals surface area contributed by atoms with Crippen LogP contribution in [0.25, 0.3) is 11.1 Å². The molecule has 3 fully saturated rings. The number of likely N-dealkylation sites (tertiary alicyclic amines) is 3. The van der Waals surface area contributed by atoms with E-state index in [2.05, 4.69) is 15.1 Å². The second-order valence-corrected chi connectivity index (χ2v) is 27.7. The molecule has 1 N–H and O–H groups in total. The largest absolute Gasteiger partial charge is 0.488 e. The Morgan fingerprint density at radius 2 is 0.890 bits per heavy atom. The minimum atomic E-state index is -4.43. The van der Waals surface area contributed by atoms with Crippen molar-refractivity contribution >= 4 is 17.7 Å². The number of amides is 3. The molecule has 3 aromatic heterocycles. The van der Waals surface area contributed by atoms with Gasteiger partial charge in [0.1, 0.15) is 28.6 Å². The smallest absolute Gasteiger partial charge is 0.431 e. The van der Waals surface area contributed by atoms with E-state index in [-0.39, 0.29) is 43.1 Å². The predicted octanol–water partition coefficient (Wildman–Crippen LogP) is 15.8. The zero-order chi connectivity index (χ0) is 71.3. The number of aromatic nitrogens is 3. The molecule has 14 rings (SSSR count). The predicted molar refractivity (Wildman–Crippen MR) is 360 cm³/mol. The van der Waals surface area contributed by atoms with E-state index in [4.69, 9.17) is 9.47 Å². The fraction of sp³-hybridized carbons (Fsp3) is 0.408. The van der Waals surface area contributed by atoms with Crippen LogP contribution in [0.2, 0.25) is 0 Å². The average Bonchev–Trinajstić information content (AvgIpc) is 1.68. The zero-order valence-electron chi connectivity index (χ0n) is 56.6. The molecule has 100 heavy (non-hydrogen) atoms. The molecule has 0 unspecified atom stereocenters. The quantitative estimate of drug-likeness (QED) is 0.150. The van der Waals surface area contributed by atoms with Crippen molar-refractivity contribution in [2.75, 3.05) is 66.5 Å². The van der Waals surface area contributed by atoms with Gasteiger partial charge in [-0.3, -0.25) is 29.5 Å². The summed E-state index contributed by atoms with van der Waals surface area (Å²) in [5, 5.41) is 3.56. The fourth-order valence-corrected chi connectivity index (χ4v) is 15.7. The van der Waals surface area contributed by atoms with Crippen LogP contribution in [0, 0.1) is 5.82 Å². The molecule has 532 valence electrons. The fourth-order valence-electron chi connectivity index (χ4n) is 15.7. The molecule has 14 nitrogen and oxygen atoms in total. The van der Waals surface area contributed by atoms with Crippen LogP contribution >= 0.6 is 0 Å². The first-order valence-corrected chi connectivity index (χ1v) is 33.8. The highest BCUT2D eigenvalue weighted by molar-refractivity contribution is 5.97. The van der Waals surface area contributed by atoms with Crippen molar-refractivity contribution in [3.63, 3.8) is 0 Å². The number of piperidine rings is 3. The molecule has 5 aromatic carbocycles. The van der Waals surface area contributed by atoms with E-state index >= 15 is 0 Å². The van der Waals surface area contributed by atoms with Gasteiger partial charge < -0.3 is 37.9 Å². The second kappa shape index (κ2) is 27.6. The average molecular weight is 1390 g/mol. The number of alkyl halides is 9. The van der Waals surface area contributed by atoms with Gasteiger partial charge in [0.2, 0.25) is 0 Å². The van der Waals surface area contributed by atoms with Crippen molar-refractivity contribution in [1.82, 2.24) is 43.5 Å². The first-order valence-electron chi connectivity index (χ1n) is 33.8. The van der Waals surface area contributed by atoms with E-state index in [1.807, 2.05) is 124 Å². The number of benzene rings is 5. The lowest BCUT2D eigenvalue weighted by Crippen LogP contribution is -2.63. The molecule has 24 heteroatoms. The Bertz CT molecular complexity index is 4240. The molecule has 9 heterocycles. The maximum absolute atomic E-state index is 14.4. The summed E-state index contributed by atoms with van der Waals surface area (Å²) in [6, 6.07) is 46.5. The molecule has 8 aromatic rings. The Balaban J connectivity index is 0.000000152. The molecule has 0 bridgehead atoms. The SMILES string of the molecule is CC(C)Oc1ccc(C(=O)N2CCC3(CC2)NC(C)(C)Cn2c(C(F)(F)F)ccc23)cc1F.CN1CCn2c(C(F)(F)F)ccc2C12CCN(C(=O)c1ccc(-c3ccccc3)cc1)CC2.CN1CCn2c(C(F)(F)F)ccc2C12CCN(C(=O)c1ccccc1Oc1ccccc1)CC2.[HH]. The van der Waals surface area contributed by atoms with E-state index in [1.165, 1.54) is 44.0 Å². The summed E-state index contributed by atoms with van der Waals surface area (Å²) < 4.78 is 152. The van der Waals surface area contributed by atoms with Crippen LogP contribution in [0.5, 0.6) is 17.2 Å². The number of fused-ring (bicyclic) bond motifs is 6. The lowest BCUT2D eigenvalue weighted by atomic mass is 9.79. The van der Waals surface area contributed by atoms with Gasteiger partial charge in [-0.1, -0.05) is 72.8 Å². The van der Waals surface area contributed by atoms with E-state index in [9.17, 15) is 58.3 Å². The minimum absolute atomic E-state index is 0. The van der Waals surface area contributed by atoms with Crippen LogP contribution in [0.15, 0.2) is 164 Å². The maximum Gasteiger partial charge on any atom is 0.431 e. The number of halogens is 10. The number of likely N-dealkylation sites (N-methyl/N-ethyl adjacent to an activating group) is 2. The van der Waals surface area contributed by atoms with Crippen molar-refractivity contribution in [3.05, 3.63) is 220 Å². The highest BCUT2D eigenvalue weighted by Gasteiger charge is 2.52. The van der Waals surface area contributed by atoms with Gasteiger partial charge >= 0.3 is 18.5 Å². The minimum Gasteiger partial charge on any atom is -0.488 e. The Labute approximate surface area is 576 Å².